The van der Waals surface area contributed by atoms with Crippen LogP contribution in [-0.4, -0.2) is 50.6 Å². The molecule has 0 aromatic rings. The van der Waals surface area contributed by atoms with Gasteiger partial charge in [0.2, 0.25) is 0 Å². The fourth-order valence-corrected chi connectivity index (χ4v) is 2.72. The molecule has 0 spiro atoms. The number of rotatable bonds is 1. The maximum Gasteiger partial charge on any atom is 0.163 e. The summed E-state index contributed by atoms with van der Waals surface area (Å²) in [6, 6.07) is 0. The lowest BCUT2D eigenvalue weighted by molar-refractivity contribution is -0.194. The van der Waals surface area contributed by atoms with Crippen LogP contribution in [0.1, 0.15) is 40.5 Å². The molecule has 1 saturated heterocycles. The van der Waals surface area contributed by atoms with E-state index in [0.717, 1.165) is 0 Å². The second-order valence-corrected chi connectivity index (χ2v) is 6.20. The maximum atomic E-state index is 10.4. The molecule has 17 heavy (non-hydrogen) atoms. The van der Waals surface area contributed by atoms with E-state index in [4.69, 9.17) is 9.47 Å². The standard InChI is InChI=1S/C12H22O5/c1-10(2,14)12(15)5-7(13)9-8(6-12)16-11(3,4)17-9/h7-9,13-15H,5-6H2,1-4H3/t7-,8-,9+,12-/m1/s1. The SMILES string of the molecule is CC1(C)O[C@H]2[C@H](O)C[C@](O)(C(C)(C)O)C[C@H]2O1. The number of fused-ring (bicyclic) bond motifs is 1. The summed E-state index contributed by atoms with van der Waals surface area (Å²) in [5.74, 6) is -0.749. The van der Waals surface area contributed by atoms with Crippen LogP contribution in [0.4, 0.5) is 0 Å². The highest BCUT2D eigenvalue weighted by Crippen LogP contribution is 2.44. The topological polar surface area (TPSA) is 79.2 Å². The van der Waals surface area contributed by atoms with Crippen LogP contribution in [0.5, 0.6) is 0 Å². The molecular weight excluding hydrogens is 224 g/mol. The molecule has 2 rings (SSSR count). The summed E-state index contributed by atoms with van der Waals surface area (Å²) >= 11 is 0. The minimum Gasteiger partial charge on any atom is -0.390 e. The average molecular weight is 246 g/mol. The second-order valence-electron chi connectivity index (χ2n) is 6.20. The van der Waals surface area contributed by atoms with Crippen LogP contribution in [0.3, 0.4) is 0 Å². The van der Waals surface area contributed by atoms with Crippen molar-refractivity contribution in [1.29, 1.82) is 0 Å². The van der Waals surface area contributed by atoms with Crippen LogP contribution in [0.25, 0.3) is 0 Å². The molecule has 3 N–H and O–H groups in total. The molecule has 1 heterocycles. The van der Waals surface area contributed by atoms with Gasteiger partial charge in [0.1, 0.15) is 6.10 Å². The predicted molar refractivity (Wildman–Crippen MR) is 60.3 cm³/mol. The highest BCUT2D eigenvalue weighted by atomic mass is 16.8. The van der Waals surface area contributed by atoms with Gasteiger partial charge in [0.15, 0.2) is 5.79 Å². The first kappa shape index (κ1) is 13.2. The molecule has 1 aliphatic carbocycles. The van der Waals surface area contributed by atoms with Gasteiger partial charge in [0.25, 0.3) is 0 Å². The number of hydrogen-bond acceptors (Lipinski definition) is 5. The van der Waals surface area contributed by atoms with Crippen LogP contribution < -0.4 is 0 Å². The van der Waals surface area contributed by atoms with E-state index < -0.39 is 29.2 Å². The monoisotopic (exact) mass is 246 g/mol. The molecule has 2 aliphatic rings. The van der Waals surface area contributed by atoms with E-state index in [2.05, 4.69) is 0 Å². The Balaban J connectivity index is 2.21. The molecule has 0 aromatic heterocycles. The number of aliphatic hydroxyl groups is 3. The van der Waals surface area contributed by atoms with Crippen LogP contribution in [0.15, 0.2) is 0 Å². The van der Waals surface area contributed by atoms with Crippen LogP contribution in [0, 0.1) is 0 Å². The minimum absolute atomic E-state index is 0.0944. The van der Waals surface area contributed by atoms with Crippen LogP contribution >= 0.6 is 0 Å². The lowest BCUT2D eigenvalue weighted by atomic mass is 9.71. The molecule has 1 saturated carbocycles. The number of hydrogen-bond donors (Lipinski definition) is 3. The fourth-order valence-electron chi connectivity index (χ4n) is 2.72. The Morgan fingerprint density at radius 1 is 1.18 bits per heavy atom. The van der Waals surface area contributed by atoms with Crippen molar-refractivity contribution in [2.45, 2.75) is 75.8 Å². The summed E-state index contributed by atoms with van der Waals surface area (Å²) < 4.78 is 11.3. The zero-order valence-electron chi connectivity index (χ0n) is 10.8. The summed E-state index contributed by atoms with van der Waals surface area (Å²) in [6.45, 7) is 6.64. The Morgan fingerprint density at radius 2 is 1.76 bits per heavy atom. The van der Waals surface area contributed by atoms with E-state index >= 15 is 0 Å². The van der Waals surface area contributed by atoms with Crippen molar-refractivity contribution >= 4 is 0 Å². The van der Waals surface area contributed by atoms with Gasteiger partial charge < -0.3 is 24.8 Å². The lowest BCUT2D eigenvalue weighted by Gasteiger charge is -2.46. The van der Waals surface area contributed by atoms with E-state index in [1.165, 1.54) is 0 Å². The van der Waals surface area contributed by atoms with Crippen molar-refractivity contribution < 1.29 is 24.8 Å². The second kappa shape index (κ2) is 3.65. The quantitative estimate of drug-likeness (QED) is 0.614. The van der Waals surface area contributed by atoms with E-state index in [-0.39, 0.29) is 18.9 Å². The van der Waals surface area contributed by atoms with Crippen LogP contribution in [0.2, 0.25) is 0 Å². The van der Waals surface area contributed by atoms with Gasteiger partial charge in [-0.15, -0.1) is 0 Å². The molecule has 4 atom stereocenters. The van der Waals surface area contributed by atoms with E-state index in [1.807, 2.05) is 0 Å². The molecule has 5 heteroatoms. The summed E-state index contributed by atoms with van der Waals surface area (Å²) in [7, 11) is 0. The van der Waals surface area contributed by atoms with Crippen molar-refractivity contribution in [2.75, 3.05) is 0 Å². The largest absolute Gasteiger partial charge is 0.390 e. The molecule has 1 aliphatic heterocycles. The first-order chi connectivity index (χ1) is 7.54. The van der Waals surface area contributed by atoms with Gasteiger partial charge in [-0.2, -0.15) is 0 Å². The minimum atomic E-state index is -1.35. The maximum absolute atomic E-state index is 10.4. The highest BCUT2D eigenvalue weighted by Gasteiger charge is 2.57. The van der Waals surface area contributed by atoms with Crippen molar-refractivity contribution in [3.63, 3.8) is 0 Å². The summed E-state index contributed by atoms with van der Waals surface area (Å²) in [5.41, 5.74) is -2.63. The molecule has 0 radical (unpaired) electrons. The summed E-state index contributed by atoms with van der Waals surface area (Å²) in [6.07, 6.45) is -1.27. The molecule has 0 amide bonds. The molecular formula is C12H22O5. The third-order valence-corrected chi connectivity index (χ3v) is 3.83. The average Bonchev–Trinajstić information content (AvgIpc) is 2.37. The Labute approximate surface area is 101 Å². The first-order valence-electron chi connectivity index (χ1n) is 6.03. The van der Waals surface area contributed by atoms with Gasteiger partial charge in [0, 0.05) is 12.8 Å². The van der Waals surface area contributed by atoms with Gasteiger partial charge in [-0.25, -0.2) is 0 Å². The Morgan fingerprint density at radius 3 is 2.29 bits per heavy atom. The number of ether oxygens (including phenoxy) is 2. The highest BCUT2D eigenvalue weighted by molar-refractivity contribution is 5.06. The third kappa shape index (κ3) is 2.22. The van der Waals surface area contributed by atoms with E-state index in [1.54, 1.807) is 27.7 Å². The van der Waals surface area contributed by atoms with Crippen molar-refractivity contribution in [2.24, 2.45) is 0 Å². The van der Waals surface area contributed by atoms with E-state index in [0.29, 0.717) is 0 Å². The molecule has 2 fully saturated rings. The normalized spacial score (nSPS) is 45.7. The first-order valence-corrected chi connectivity index (χ1v) is 6.03. The Kier molecular flexibility index (Phi) is 2.84. The summed E-state index contributed by atoms with van der Waals surface area (Å²) in [4.78, 5) is 0. The van der Waals surface area contributed by atoms with Crippen molar-refractivity contribution in [1.82, 2.24) is 0 Å². The zero-order valence-corrected chi connectivity index (χ0v) is 10.8. The smallest absolute Gasteiger partial charge is 0.163 e. The molecule has 0 bridgehead atoms. The Bertz CT molecular complexity index is 309. The van der Waals surface area contributed by atoms with Crippen LogP contribution in [-0.2, 0) is 9.47 Å². The molecule has 100 valence electrons. The zero-order chi connectivity index (χ0) is 13.1. The van der Waals surface area contributed by atoms with Gasteiger partial charge >= 0.3 is 0 Å². The molecule has 0 unspecified atom stereocenters. The van der Waals surface area contributed by atoms with Gasteiger partial charge in [-0.3, -0.25) is 0 Å². The summed E-state index contributed by atoms with van der Waals surface area (Å²) in [5, 5.41) is 30.5. The Hall–Kier alpha value is -0.200. The number of aliphatic hydroxyl groups excluding tert-OH is 1. The van der Waals surface area contributed by atoms with Gasteiger partial charge in [-0.1, -0.05) is 0 Å². The van der Waals surface area contributed by atoms with Crippen molar-refractivity contribution in [3.8, 4) is 0 Å². The molecule has 0 aromatic carbocycles. The fraction of sp³-hybridized carbons (Fsp3) is 1.00. The van der Waals surface area contributed by atoms with E-state index in [9.17, 15) is 15.3 Å². The lowest BCUT2D eigenvalue weighted by Crippen LogP contribution is -2.60. The molecule has 5 nitrogen and oxygen atoms in total. The predicted octanol–water partition coefficient (Wildman–Crippen LogP) is 0.163. The third-order valence-electron chi connectivity index (χ3n) is 3.83. The van der Waals surface area contributed by atoms with Gasteiger partial charge in [0.05, 0.1) is 23.4 Å². The van der Waals surface area contributed by atoms with Crippen molar-refractivity contribution in [3.05, 3.63) is 0 Å². The van der Waals surface area contributed by atoms with Gasteiger partial charge in [-0.05, 0) is 27.7 Å².